The molecule has 0 atom stereocenters. The van der Waals surface area contributed by atoms with Gasteiger partial charge in [0.1, 0.15) is 25.7 Å². The maximum Gasteiger partial charge on any atom is 0.280 e. The third-order valence-electron chi connectivity index (χ3n) is 9.55. The monoisotopic (exact) mass is 870 g/mol. The zero-order valence-electron chi connectivity index (χ0n) is 35.0. The zero-order chi connectivity index (χ0) is 44.4. The predicted octanol–water partition coefficient (Wildman–Crippen LogP) is 4.96. The van der Waals surface area contributed by atoms with Crippen LogP contribution in [0.2, 0.25) is 0 Å². The molecule has 0 aliphatic heterocycles. The van der Waals surface area contributed by atoms with Crippen LogP contribution in [0.1, 0.15) is 22.3 Å². The number of ether oxygens (including phenoxy) is 6. The first-order chi connectivity index (χ1) is 31.4. The molecule has 332 valence electrons. The Labute approximate surface area is 367 Å². The van der Waals surface area contributed by atoms with Gasteiger partial charge < -0.3 is 44.5 Å². The lowest BCUT2D eigenvalue weighted by Crippen LogP contribution is -2.27. The van der Waals surface area contributed by atoms with E-state index in [4.69, 9.17) is 39.9 Å². The van der Waals surface area contributed by atoms with E-state index in [1.54, 1.807) is 9.13 Å². The van der Waals surface area contributed by atoms with Crippen molar-refractivity contribution in [2.75, 3.05) is 37.9 Å². The highest BCUT2D eigenvalue weighted by atomic mass is 16.6. The van der Waals surface area contributed by atoms with Crippen LogP contribution in [0, 0.1) is 0 Å². The zero-order valence-corrected chi connectivity index (χ0v) is 35.0. The molecule has 0 unspecified atom stereocenters. The second-order valence-corrected chi connectivity index (χ2v) is 14.5. The number of nitrogens with two attached hydrogens (primary N) is 2. The molecular formula is C46H50N10O8. The van der Waals surface area contributed by atoms with Crippen molar-refractivity contribution < 1.29 is 28.4 Å². The number of H-pyrrole nitrogens is 2. The van der Waals surface area contributed by atoms with E-state index >= 15 is 0 Å². The van der Waals surface area contributed by atoms with E-state index in [0.29, 0.717) is 64.0 Å². The van der Waals surface area contributed by atoms with Gasteiger partial charge in [-0.3, -0.25) is 24.1 Å². The van der Waals surface area contributed by atoms with Gasteiger partial charge in [0.2, 0.25) is 11.9 Å². The Morgan fingerprint density at radius 3 is 1.34 bits per heavy atom. The Hall–Kier alpha value is -7.06. The first-order valence-electron chi connectivity index (χ1n) is 20.5. The van der Waals surface area contributed by atoms with Crippen LogP contribution in [-0.2, 0) is 68.3 Å². The van der Waals surface area contributed by atoms with Crippen LogP contribution in [0.15, 0.2) is 144 Å². The number of hydrogen-bond donors (Lipinski definition) is 4. The van der Waals surface area contributed by atoms with E-state index in [2.05, 4.69) is 29.9 Å². The van der Waals surface area contributed by atoms with Gasteiger partial charge in [-0.05, 0) is 22.3 Å². The number of nitrogen functional groups attached to an aromatic ring is 2. The molecule has 64 heavy (non-hydrogen) atoms. The Bertz CT molecular complexity index is 2640. The van der Waals surface area contributed by atoms with Crippen LogP contribution < -0.4 is 22.6 Å². The van der Waals surface area contributed by atoms with Crippen molar-refractivity contribution >= 4 is 34.2 Å². The molecule has 4 aromatic heterocycles. The molecule has 0 bridgehead atoms. The summed E-state index contributed by atoms with van der Waals surface area (Å²) in [4.78, 5) is 45.5. The number of nitrogens with zero attached hydrogens (tertiary/aromatic N) is 6. The van der Waals surface area contributed by atoms with Crippen LogP contribution in [-0.4, -0.2) is 77.7 Å². The Morgan fingerprint density at radius 1 is 0.500 bits per heavy atom. The number of imidazole rings is 2. The number of benzene rings is 4. The molecule has 0 spiro atoms. The van der Waals surface area contributed by atoms with Crippen molar-refractivity contribution in [2.45, 2.75) is 52.1 Å². The molecule has 18 nitrogen and oxygen atoms in total. The van der Waals surface area contributed by atoms with E-state index in [1.807, 2.05) is 121 Å². The highest BCUT2D eigenvalue weighted by Crippen LogP contribution is 2.12. The molecule has 0 amide bonds. The summed E-state index contributed by atoms with van der Waals surface area (Å²) in [6.45, 7) is 3.45. The summed E-state index contributed by atoms with van der Waals surface area (Å²) < 4.78 is 38.7. The van der Waals surface area contributed by atoms with E-state index in [9.17, 15) is 9.59 Å². The number of anilines is 2. The fraction of sp³-hybridized carbons (Fsp3) is 0.261. The summed E-state index contributed by atoms with van der Waals surface area (Å²) in [6.07, 6.45) is 2.32. The Kier molecular flexibility index (Phi) is 16.4. The van der Waals surface area contributed by atoms with Crippen molar-refractivity contribution in [2.24, 2.45) is 0 Å². The van der Waals surface area contributed by atoms with Crippen molar-refractivity contribution in [1.82, 2.24) is 39.0 Å². The van der Waals surface area contributed by atoms with Crippen molar-refractivity contribution in [3.63, 3.8) is 0 Å². The number of hydrogen-bond acceptors (Lipinski definition) is 14. The Morgan fingerprint density at radius 2 is 0.891 bits per heavy atom. The number of rotatable bonds is 22. The minimum atomic E-state index is -0.389. The molecule has 8 rings (SSSR count). The van der Waals surface area contributed by atoms with E-state index in [0.717, 1.165) is 22.3 Å². The summed E-state index contributed by atoms with van der Waals surface area (Å²) in [5.41, 5.74) is 15.9. The van der Waals surface area contributed by atoms with E-state index < -0.39 is 0 Å². The largest absolute Gasteiger partial charge is 0.374 e. The lowest BCUT2D eigenvalue weighted by Gasteiger charge is -2.19. The normalized spacial score (nSPS) is 11.4. The number of aromatic amines is 2. The minimum Gasteiger partial charge on any atom is -0.374 e. The summed E-state index contributed by atoms with van der Waals surface area (Å²) >= 11 is 0. The van der Waals surface area contributed by atoms with Gasteiger partial charge in [-0.1, -0.05) is 121 Å². The molecule has 0 fully saturated rings. The fourth-order valence-electron chi connectivity index (χ4n) is 6.36. The molecule has 0 saturated heterocycles. The molecule has 0 saturated carbocycles. The molecule has 6 N–H and O–H groups in total. The van der Waals surface area contributed by atoms with Gasteiger partial charge in [0, 0.05) is 0 Å². The Balaban J connectivity index is 0.000000191. The smallest absolute Gasteiger partial charge is 0.280 e. The summed E-state index contributed by atoms with van der Waals surface area (Å²) in [5, 5.41) is 0. The third-order valence-corrected chi connectivity index (χ3v) is 9.55. The summed E-state index contributed by atoms with van der Waals surface area (Å²) in [6, 6.07) is 39.7. The summed E-state index contributed by atoms with van der Waals surface area (Å²) in [5.74, 6) is 0.0494. The standard InChI is InChI=1S/2C23H25N5O4/c24-23-26-21-20(22(29)27-23)28(15-25-21)16-32-19(13-30-11-17-7-3-1-4-8-17)14-31-12-18-9-5-2-6-10-18;24-23-26-21-20(22(29)27-23)25-15-28(21)16-32-19(13-30-11-17-7-3-1-4-8-17)14-31-12-18-9-5-2-6-10-18/h2*1-10,15,19H,11-14,16H2,(H3,24,26,27,29). The van der Waals surface area contributed by atoms with E-state index in [-0.39, 0.29) is 59.8 Å². The minimum absolute atomic E-state index is 0.0233. The summed E-state index contributed by atoms with van der Waals surface area (Å²) in [7, 11) is 0. The first-order valence-corrected chi connectivity index (χ1v) is 20.5. The second kappa shape index (κ2) is 23.4. The van der Waals surface area contributed by atoms with Crippen molar-refractivity contribution in [3.05, 3.63) is 177 Å². The third kappa shape index (κ3) is 13.5. The number of nitrogens with one attached hydrogen (secondary N) is 2. The molecule has 0 aliphatic carbocycles. The SMILES string of the molecule is Nc1nc2c(ncn2COC(COCc2ccccc2)COCc2ccccc2)c(=O)[nH]1.Nc1nc2ncn(COC(COCc3ccccc3)COCc3ccccc3)c2c(=O)[nH]1. The van der Waals surface area contributed by atoms with Gasteiger partial charge in [0.05, 0.1) is 65.5 Å². The van der Waals surface area contributed by atoms with Crippen LogP contribution in [0.25, 0.3) is 22.3 Å². The topological polar surface area (TPSA) is 235 Å². The van der Waals surface area contributed by atoms with Crippen molar-refractivity contribution in [3.8, 4) is 0 Å². The van der Waals surface area contributed by atoms with Gasteiger partial charge in [0.15, 0.2) is 22.3 Å². The van der Waals surface area contributed by atoms with Gasteiger partial charge in [-0.25, -0.2) is 9.97 Å². The molecular weight excluding hydrogens is 821 g/mol. The lowest BCUT2D eigenvalue weighted by atomic mass is 10.2. The maximum absolute atomic E-state index is 12.2. The quantitative estimate of drug-likeness (QED) is 0.0706. The van der Waals surface area contributed by atoms with Crippen LogP contribution in [0.5, 0.6) is 0 Å². The molecule has 18 heteroatoms. The molecule has 4 heterocycles. The molecule has 0 radical (unpaired) electrons. The van der Waals surface area contributed by atoms with Crippen LogP contribution in [0.3, 0.4) is 0 Å². The average molecular weight is 871 g/mol. The van der Waals surface area contributed by atoms with Crippen LogP contribution >= 0.6 is 0 Å². The van der Waals surface area contributed by atoms with Crippen molar-refractivity contribution in [1.29, 1.82) is 0 Å². The molecule has 4 aromatic carbocycles. The predicted molar refractivity (Wildman–Crippen MR) is 239 cm³/mol. The van der Waals surface area contributed by atoms with Crippen LogP contribution in [0.4, 0.5) is 11.9 Å². The number of aromatic nitrogens is 8. The molecule has 8 aromatic rings. The van der Waals surface area contributed by atoms with Gasteiger partial charge >= 0.3 is 0 Å². The highest BCUT2D eigenvalue weighted by molar-refractivity contribution is 5.71. The van der Waals surface area contributed by atoms with Gasteiger partial charge in [0.25, 0.3) is 11.1 Å². The average Bonchev–Trinajstić information content (AvgIpc) is 3.92. The fourth-order valence-corrected chi connectivity index (χ4v) is 6.36. The van der Waals surface area contributed by atoms with E-state index in [1.165, 1.54) is 12.7 Å². The first kappa shape index (κ1) is 45.0. The highest BCUT2D eigenvalue weighted by Gasteiger charge is 2.16. The molecule has 0 aliphatic rings. The van der Waals surface area contributed by atoms with Gasteiger partial charge in [-0.2, -0.15) is 9.97 Å². The maximum atomic E-state index is 12.2. The number of fused-ring (bicyclic) bond motifs is 2. The lowest BCUT2D eigenvalue weighted by molar-refractivity contribution is -0.0866. The van der Waals surface area contributed by atoms with Gasteiger partial charge in [-0.15, -0.1) is 0 Å². The second-order valence-electron chi connectivity index (χ2n) is 14.5.